The van der Waals surface area contributed by atoms with Crippen LogP contribution in [0.25, 0.3) is 6.08 Å². The molecule has 3 heteroatoms. The molecule has 1 fully saturated rings. The van der Waals surface area contributed by atoms with Crippen LogP contribution < -0.4 is 5.32 Å². The molecule has 0 saturated carbocycles. The number of nitrogens with one attached hydrogen (secondary N) is 1. The molecule has 1 aromatic carbocycles. The van der Waals surface area contributed by atoms with E-state index in [1.807, 2.05) is 36.4 Å². The second-order valence-corrected chi connectivity index (χ2v) is 5.66. The van der Waals surface area contributed by atoms with Gasteiger partial charge in [0.2, 0.25) is 5.91 Å². The minimum atomic E-state index is 0.0110. The predicted octanol–water partition coefficient (Wildman–Crippen LogP) is 2.69. The maximum atomic E-state index is 11.9. The van der Waals surface area contributed by atoms with E-state index in [4.69, 9.17) is 0 Å². The van der Waals surface area contributed by atoms with Gasteiger partial charge in [0.25, 0.3) is 0 Å². The van der Waals surface area contributed by atoms with Gasteiger partial charge in [0.15, 0.2) is 0 Å². The highest BCUT2D eigenvalue weighted by atomic mass is 16.1. The summed E-state index contributed by atoms with van der Waals surface area (Å²) in [7, 11) is 0. The molecule has 0 bridgehead atoms. The lowest BCUT2D eigenvalue weighted by molar-refractivity contribution is -0.117. The van der Waals surface area contributed by atoms with Gasteiger partial charge in [-0.1, -0.05) is 30.3 Å². The maximum absolute atomic E-state index is 11.9. The number of hydrogen-bond donors (Lipinski definition) is 1. The van der Waals surface area contributed by atoms with Crippen LogP contribution in [0.3, 0.4) is 0 Å². The number of nitrogens with zero attached hydrogens (tertiary/aromatic N) is 1. The van der Waals surface area contributed by atoms with Crippen LogP contribution in [-0.4, -0.2) is 36.0 Å². The zero-order chi connectivity index (χ0) is 14.4. The standard InChI is InChI=1S/C17H24N2O/c1-14(2)19-12-10-16(11-13-19)18-17(20)9-8-15-6-4-3-5-7-15/h3-9,14,16H,10-13H2,1-2H3,(H,18,20)/b9-8+. The summed E-state index contributed by atoms with van der Waals surface area (Å²) in [5.41, 5.74) is 1.05. The number of amides is 1. The highest BCUT2D eigenvalue weighted by molar-refractivity contribution is 5.91. The Morgan fingerprint density at radius 1 is 1.25 bits per heavy atom. The fraction of sp³-hybridized carbons (Fsp3) is 0.471. The highest BCUT2D eigenvalue weighted by Crippen LogP contribution is 2.13. The molecule has 0 aliphatic carbocycles. The number of carbonyl (C=O) groups excluding carboxylic acids is 1. The summed E-state index contributed by atoms with van der Waals surface area (Å²) in [6, 6.07) is 10.8. The van der Waals surface area contributed by atoms with E-state index in [2.05, 4.69) is 24.1 Å². The maximum Gasteiger partial charge on any atom is 0.244 e. The molecule has 0 atom stereocenters. The smallest absolute Gasteiger partial charge is 0.244 e. The van der Waals surface area contributed by atoms with E-state index in [0.717, 1.165) is 31.5 Å². The third-order valence-electron chi connectivity index (χ3n) is 3.83. The van der Waals surface area contributed by atoms with Crippen molar-refractivity contribution in [2.75, 3.05) is 13.1 Å². The molecule has 1 aromatic rings. The number of carbonyl (C=O) groups is 1. The van der Waals surface area contributed by atoms with Crippen molar-refractivity contribution in [1.82, 2.24) is 10.2 Å². The SMILES string of the molecule is CC(C)N1CCC(NC(=O)/C=C/c2ccccc2)CC1. The predicted molar refractivity (Wildman–Crippen MR) is 83.3 cm³/mol. The molecule has 1 saturated heterocycles. The first kappa shape index (κ1) is 14.8. The summed E-state index contributed by atoms with van der Waals surface area (Å²) in [6.45, 7) is 6.60. The molecule has 3 nitrogen and oxygen atoms in total. The van der Waals surface area contributed by atoms with Crippen molar-refractivity contribution < 1.29 is 4.79 Å². The van der Waals surface area contributed by atoms with Crippen LogP contribution >= 0.6 is 0 Å². The van der Waals surface area contributed by atoms with Gasteiger partial charge in [-0.25, -0.2) is 0 Å². The van der Waals surface area contributed by atoms with Crippen molar-refractivity contribution in [2.45, 2.75) is 38.8 Å². The Morgan fingerprint density at radius 3 is 2.50 bits per heavy atom. The molecule has 2 rings (SSSR count). The number of piperidine rings is 1. The first-order valence-corrected chi connectivity index (χ1v) is 7.43. The van der Waals surface area contributed by atoms with Crippen LogP contribution in [0, 0.1) is 0 Å². The van der Waals surface area contributed by atoms with Crippen LogP contribution in [0.5, 0.6) is 0 Å². The van der Waals surface area contributed by atoms with Crippen LogP contribution in [0.2, 0.25) is 0 Å². The van der Waals surface area contributed by atoms with Gasteiger partial charge in [-0.15, -0.1) is 0 Å². The molecule has 1 aliphatic rings. The van der Waals surface area contributed by atoms with Crippen molar-refractivity contribution in [3.8, 4) is 0 Å². The summed E-state index contributed by atoms with van der Waals surface area (Å²) in [4.78, 5) is 14.3. The van der Waals surface area contributed by atoms with E-state index in [9.17, 15) is 4.79 Å². The molecule has 0 spiro atoms. The minimum Gasteiger partial charge on any atom is -0.350 e. The molecule has 108 valence electrons. The largest absolute Gasteiger partial charge is 0.350 e. The fourth-order valence-electron chi connectivity index (χ4n) is 2.55. The fourth-order valence-corrected chi connectivity index (χ4v) is 2.55. The number of benzene rings is 1. The highest BCUT2D eigenvalue weighted by Gasteiger charge is 2.21. The summed E-state index contributed by atoms with van der Waals surface area (Å²) < 4.78 is 0. The van der Waals surface area contributed by atoms with Gasteiger partial charge in [0.1, 0.15) is 0 Å². The van der Waals surface area contributed by atoms with E-state index in [-0.39, 0.29) is 5.91 Å². The number of likely N-dealkylation sites (tertiary alicyclic amines) is 1. The van der Waals surface area contributed by atoms with Gasteiger partial charge >= 0.3 is 0 Å². The minimum absolute atomic E-state index is 0.0110. The Hall–Kier alpha value is -1.61. The lowest BCUT2D eigenvalue weighted by atomic mass is 10.0. The van der Waals surface area contributed by atoms with E-state index in [0.29, 0.717) is 12.1 Å². The Morgan fingerprint density at radius 2 is 1.90 bits per heavy atom. The molecule has 0 aromatic heterocycles. The van der Waals surface area contributed by atoms with Crippen molar-refractivity contribution >= 4 is 12.0 Å². The Balaban J connectivity index is 1.77. The van der Waals surface area contributed by atoms with E-state index in [1.165, 1.54) is 0 Å². The molecular weight excluding hydrogens is 248 g/mol. The lowest BCUT2D eigenvalue weighted by Crippen LogP contribution is -2.46. The van der Waals surface area contributed by atoms with E-state index < -0.39 is 0 Å². The first-order chi connectivity index (χ1) is 9.65. The molecule has 1 N–H and O–H groups in total. The topological polar surface area (TPSA) is 32.3 Å². The van der Waals surface area contributed by atoms with E-state index >= 15 is 0 Å². The summed E-state index contributed by atoms with van der Waals surface area (Å²) in [5.74, 6) is 0.0110. The van der Waals surface area contributed by atoms with Crippen LogP contribution in [0.15, 0.2) is 36.4 Å². The molecule has 1 heterocycles. The molecule has 1 amide bonds. The number of rotatable bonds is 4. The molecule has 0 radical (unpaired) electrons. The molecule has 0 unspecified atom stereocenters. The first-order valence-electron chi connectivity index (χ1n) is 7.43. The number of hydrogen-bond acceptors (Lipinski definition) is 2. The van der Waals surface area contributed by atoms with Crippen LogP contribution in [-0.2, 0) is 4.79 Å². The second-order valence-electron chi connectivity index (χ2n) is 5.66. The monoisotopic (exact) mass is 272 g/mol. The Bertz CT molecular complexity index is 445. The van der Waals surface area contributed by atoms with Gasteiger partial charge in [-0.2, -0.15) is 0 Å². The zero-order valence-corrected chi connectivity index (χ0v) is 12.4. The molecular formula is C17H24N2O. The van der Waals surface area contributed by atoms with Gasteiger partial charge < -0.3 is 10.2 Å². The quantitative estimate of drug-likeness (QED) is 0.855. The van der Waals surface area contributed by atoms with Crippen LogP contribution in [0.1, 0.15) is 32.3 Å². The lowest BCUT2D eigenvalue weighted by Gasteiger charge is -2.34. The van der Waals surface area contributed by atoms with Crippen molar-refractivity contribution in [3.05, 3.63) is 42.0 Å². The van der Waals surface area contributed by atoms with Crippen molar-refractivity contribution in [2.24, 2.45) is 0 Å². The second kappa shape index (κ2) is 7.25. The van der Waals surface area contributed by atoms with Gasteiger partial charge in [0, 0.05) is 31.2 Å². The third kappa shape index (κ3) is 4.49. The van der Waals surface area contributed by atoms with Gasteiger partial charge in [0.05, 0.1) is 0 Å². The Kier molecular flexibility index (Phi) is 5.36. The Labute approximate surface area is 121 Å². The average molecular weight is 272 g/mol. The summed E-state index contributed by atoms with van der Waals surface area (Å²) in [6.07, 6.45) is 5.58. The third-order valence-corrected chi connectivity index (χ3v) is 3.83. The van der Waals surface area contributed by atoms with Crippen LogP contribution in [0.4, 0.5) is 0 Å². The van der Waals surface area contributed by atoms with Crippen molar-refractivity contribution in [3.63, 3.8) is 0 Å². The van der Waals surface area contributed by atoms with Gasteiger partial charge in [-0.05, 0) is 38.3 Å². The summed E-state index contributed by atoms with van der Waals surface area (Å²) >= 11 is 0. The van der Waals surface area contributed by atoms with Crippen molar-refractivity contribution in [1.29, 1.82) is 0 Å². The molecule has 20 heavy (non-hydrogen) atoms. The van der Waals surface area contributed by atoms with E-state index in [1.54, 1.807) is 6.08 Å². The molecule has 1 aliphatic heterocycles. The summed E-state index contributed by atoms with van der Waals surface area (Å²) in [5, 5.41) is 3.10. The zero-order valence-electron chi connectivity index (χ0n) is 12.4. The van der Waals surface area contributed by atoms with Gasteiger partial charge in [-0.3, -0.25) is 4.79 Å². The normalized spacial score (nSPS) is 17.8. The average Bonchev–Trinajstić information content (AvgIpc) is 2.47.